The molecule has 8 nitrogen and oxygen atoms in total. The summed E-state index contributed by atoms with van der Waals surface area (Å²) in [5.74, 6) is 0.628. The molecule has 3 N–H and O–H groups in total. The second-order valence-corrected chi connectivity index (χ2v) is 10.6. The second kappa shape index (κ2) is 13.0. The highest BCUT2D eigenvalue weighted by atomic mass is 19.4. The maximum Gasteiger partial charge on any atom is 0.503 e. The molecule has 1 amide bonds. The van der Waals surface area contributed by atoms with E-state index in [-0.39, 0.29) is 24.3 Å². The van der Waals surface area contributed by atoms with Crippen LogP contribution in [0.2, 0.25) is 0 Å². The van der Waals surface area contributed by atoms with Crippen LogP contribution < -0.4 is 10.9 Å². The molecule has 1 heterocycles. The molecular weight excluding hydrogens is 539 g/mol. The SMILES string of the molecule is O=C(Nc1cccc(CC2CC2)c1)C(c1ccc(Cn2nc(C(F)(F)F)ccc2=O)cc1)C1CCCC1.O=C(O)O. The van der Waals surface area contributed by atoms with Crippen LogP contribution in [0.15, 0.2) is 65.5 Å². The molecule has 218 valence electrons. The van der Waals surface area contributed by atoms with Crippen molar-refractivity contribution in [2.24, 2.45) is 11.8 Å². The van der Waals surface area contributed by atoms with Crippen LogP contribution in [-0.2, 0) is 23.9 Å². The van der Waals surface area contributed by atoms with Gasteiger partial charge in [0, 0.05) is 11.8 Å². The van der Waals surface area contributed by atoms with Gasteiger partial charge in [-0.3, -0.25) is 9.59 Å². The number of benzene rings is 2. The molecule has 3 aromatic rings. The molecule has 2 aliphatic rings. The predicted molar refractivity (Wildman–Crippen MR) is 146 cm³/mol. The molecule has 0 bridgehead atoms. The van der Waals surface area contributed by atoms with Gasteiger partial charge < -0.3 is 15.5 Å². The molecule has 0 spiro atoms. The topological polar surface area (TPSA) is 122 Å². The molecule has 0 saturated heterocycles. The molecule has 5 rings (SSSR count). The molecule has 2 aliphatic carbocycles. The third-order valence-electron chi connectivity index (χ3n) is 7.40. The maximum atomic E-state index is 13.5. The largest absolute Gasteiger partial charge is 0.503 e. The Labute approximate surface area is 234 Å². The van der Waals surface area contributed by atoms with Crippen molar-refractivity contribution in [2.75, 3.05) is 5.32 Å². The van der Waals surface area contributed by atoms with Gasteiger partial charge in [0.1, 0.15) is 0 Å². The zero-order valence-electron chi connectivity index (χ0n) is 22.3. The molecule has 11 heteroatoms. The number of halogens is 3. The summed E-state index contributed by atoms with van der Waals surface area (Å²) in [4.78, 5) is 34.2. The number of hydrogen-bond donors (Lipinski definition) is 3. The molecule has 2 fully saturated rings. The minimum absolute atomic E-state index is 0.0426. The van der Waals surface area contributed by atoms with Gasteiger partial charge in [0.15, 0.2) is 5.69 Å². The first-order chi connectivity index (χ1) is 19.5. The summed E-state index contributed by atoms with van der Waals surface area (Å²) in [5, 5.41) is 20.6. The summed E-state index contributed by atoms with van der Waals surface area (Å²) in [5.41, 5.74) is 1.83. The fraction of sp³-hybridized carbons (Fsp3) is 0.400. The van der Waals surface area contributed by atoms with E-state index in [2.05, 4.69) is 22.5 Å². The number of nitrogens with zero attached hydrogens (tertiary/aromatic N) is 2. The van der Waals surface area contributed by atoms with Gasteiger partial charge in [-0.2, -0.15) is 18.3 Å². The van der Waals surface area contributed by atoms with E-state index in [4.69, 9.17) is 15.0 Å². The van der Waals surface area contributed by atoms with Crippen molar-refractivity contribution in [1.82, 2.24) is 9.78 Å². The fourth-order valence-corrected chi connectivity index (χ4v) is 5.30. The number of nitrogens with one attached hydrogen (secondary N) is 1. The number of aromatic nitrogens is 2. The third kappa shape index (κ3) is 8.67. The van der Waals surface area contributed by atoms with Crippen molar-refractivity contribution in [2.45, 2.75) is 63.6 Å². The Morgan fingerprint density at radius 1 is 0.951 bits per heavy atom. The Hall–Kier alpha value is -4.15. The molecule has 2 aromatic carbocycles. The van der Waals surface area contributed by atoms with E-state index in [1.165, 1.54) is 18.4 Å². The zero-order chi connectivity index (χ0) is 29.6. The van der Waals surface area contributed by atoms with E-state index in [9.17, 15) is 22.8 Å². The van der Waals surface area contributed by atoms with Gasteiger partial charge in [-0.1, -0.05) is 49.2 Å². The molecule has 2 saturated carbocycles. The lowest BCUT2D eigenvalue weighted by Crippen LogP contribution is -2.27. The standard InChI is InChI=1S/C29H30F3N3O2.CH2O3/c30-29(31,32)25-14-15-26(36)35(34-25)18-20-10-12-23(13-11-20)27(22-5-1-2-6-22)28(37)33-24-7-3-4-21(17-24)16-19-8-9-19;2-1(3)4/h3-4,7,10-15,17,19,22,27H,1-2,5-6,8-9,16,18H2,(H,33,37);(H2,2,3,4). The Kier molecular flexibility index (Phi) is 9.46. The van der Waals surface area contributed by atoms with Crippen molar-refractivity contribution in [3.8, 4) is 0 Å². The van der Waals surface area contributed by atoms with Crippen LogP contribution in [0, 0.1) is 11.8 Å². The molecule has 1 aromatic heterocycles. The van der Waals surface area contributed by atoms with Crippen LogP contribution in [0.3, 0.4) is 0 Å². The van der Waals surface area contributed by atoms with E-state index in [0.29, 0.717) is 11.6 Å². The molecule has 41 heavy (non-hydrogen) atoms. The summed E-state index contributed by atoms with van der Waals surface area (Å²) >= 11 is 0. The van der Waals surface area contributed by atoms with Gasteiger partial charge in [-0.15, -0.1) is 0 Å². The molecule has 1 atom stereocenters. The molecular formula is C30H32F3N3O5. The molecule has 0 radical (unpaired) electrons. The molecule has 0 aliphatic heterocycles. The van der Waals surface area contributed by atoms with Crippen LogP contribution in [0.1, 0.15) is 66.8 Å². The number of carboxylic acid groups (broad SMARTS) is 2. The average Bonchev–Trinajstić information content (AvgIpc) is 3.55. The van der Waals surface area contributed by atoms with Gasteiger partial charge in [0.2, 0.25) is 5.91 Å². The first-order valence-corrected chi connectivity index (χ1v) is 13.6. The van der Waals surface area contributed by atoms with Crippen molar-refractivity contribution in [3.05, 3.63) is 93.4 Å². The van der Waals surface area contributed by atoms with E-state index in [1.54, 1.807) is 12.1 Å². The number of anilines is 1. The highest BCUT2D eigenvalue weighted by molar-refractivity contribution is 5.96. The van der Waals surface area contributed by atoms with Crippen LogP contribution in [0.25, 0.3) is 0 Å². The summed E-state index contributed by atoms with van der Waals surface area (Å²) in [6.07, 6.45) is 1.26. The number of carbonyl (C=O) groups excluding carboxylic acids is 1. The monoisotopic (exact) mass is 571 g/mol. The predicted octanol–water partition coefficient (Wildman–Crippen LogP) is 6.40. The highest BCUT2D eigenvalue weighted by Gasteiger charge is 2.34. The van der Waals surface area contributed by atoms with Crippen LogP contribution in [-0.4, -0.2) is 32.1 Å². The van der Waals surface area contributed by atoms with Crippen LogP contribution in [0.4, 0.5) is 23.7 Å². The summed E-state index contributed by atoms with van der Waals surface area (Å²) in [7, 11) is 0. The minimum atomic E-state index is -4.63. The van der Waals surface area contributed by atoms with Crippen molar-refractivity contribution < 1.29 is 33.0 Å². The Morgan fingerprint density at radius 3 is 2.22 bits per heavy atom. The summed E-state index contributed by atoms with van der Waals surface area (Å²) in [6, 6.07) is 16.8. The third-order valence-corrected chi connectivity index (χ3v) is 7.40. The lowest BCUT2D eigenvalue weighted by Gasteiger charge is -2.24. The number of amides is 1. The van der Waals surface area contributed by atoms with Crippen LogP contribution in [0.5, 0.6) is 0 Å². The lowest BCUT2D eigenvalue weighted by atomic mass is 9.83. The minimum Gasteiger partial charge on any atom is -0.450 e. The smallest absolute Gasteiger partial charge is 0.450 e. The number of rotatable bonds is 8. The summed E-state index contributed by atoms with van der Waals surface area (Å²) in [6.45, 7) is -0.0862. The van der Waals surface area contributed by atoms with Gasteiger partial charge in [-0.05, 0) is 78.8 Å². The van der Waals surface area contributed by atoms with Gasteiger partial charge in [0.25, 0.3) is 5.56 Å². The normalized spacial score (nSPS) is 16.0. The van der Waals surface area contributed by atoms with Crippen molar-refractivity contribution in [3.63, 3.8) is 0 Å². The quantitative estimate of drug-likeness (QED) is 0.288. The second-order valence-electron chi connectivity index (χ2n) is 10.6. The van der Waals surface area contributed by atoms with Gasteiger partial charge >= 0.3 is 12.3 Å². The maximum absolute atomic E-state index is 13.5. The van der Waals surface area contributed by atoms with Gasteiger partial charge in [0.05, 0.1) is 12.5 Å². The van der Waals surface area contributed by atoms with Crippen molar-refractivity contribution in [1.29, 1.82) is 0 Å². The Bertz CT molecular complexity index is 1410. The number of alkyl halides is 3. The van der Waals surface area contributed by atoms with E-state index >= 15 is 0 Å². The lowest BCUT2D eigenvalue weighted by molar-refractivity contribution is -0.142. The van der Waals surface area contributed by atoms with Crippen molar-refractivity contribution >= 4 is 17.7 Å². The summed E-state index contributed by atoms with van der Waals surface area (Å²) < 4.78 is 39.9. The van der Waals surface area contributed by atoms with E-state index in [1.807, 2.05) is 24.3 Å². The highest BCUT2D eigenvalue weighted by Crippen LogP contribution is 2.38. The number of carbonyl (C=O) groups is 2. The average molecular weight is 572 g/mol. The first kappa shape index (κ1) is 29.8. The first-order valence-electron chi connectivity index (χ1n) is 13.6. The zero-order valence-corrected chi connectivity index (χ0v) is 22.3. The Morgan fingerprint density at radius 2 is 1.61 bits per heavy atom. The Balaban J connectivity index is 0.000000909. The van der Waals surface area contributed by atoms with E-state index in [0.717, 1.165) is 60.0 Å². The molecule has 1 unspecified atom stereocenters. The number of hydrogen-bond acceptors (Lipinski definition) is 4. The van der Waals surface area contributed by atoms with Gasteiger partial charge in [-0.25, -0.2) is 9.48 Å². The fourth-order valence-electron chi connectivity index (χ4n) is 5.30. The van der Waals surface area contributed by atoms with E-state index < -0.39 is 23.6 Å². The van der Waals surface area contributed by atoms with Crippen LogP contribution >= 0.6 is 0 Å².